The Hall–Kier alpha value is -4.58. The van der Waals surface area contributed by atoms with Crippen LogP contribution in [0.1, 0.15) is 71.9 Å². The molecule has 51 heavy (non-hydrogen) atoms. The molecule has 0 saturated heterocycles. The predicted octanol–water partition coefficient (Wildman–Crippen LogP) is 9.59. The number of phenolic OH excluding ortho intramolecular Hbond substituents is 4. The summed E-state index contributed by atoms with van der Waals surface area (Å²) in [6.45, 7) is 8.05. The molecular formula is C40H42N5O4S2+. The van der Waals surface area contributed by atoms with Crippen LogP contribution in [-0.4, -0.2) is 33.9 Å². The van der Waals surface area contributed by atoms with E-state index in [9.17, 15) is 20.4 Å². The third kappa shape index (κ3) is 4.53. The fraction of sp³-hybridized carbons (Fsp3) is 0.300. The summed E-state index contributed by atoms with van der Waals surface area (Å²) in [4.78, 5) is 0. The van der Waals surface area contributed by atoms with Gasteiger partial charge in [-0.05, 0) is 85.0 Å². The van der Waals surface area contributed by atoms with Gasteiger partial charge in [0.2, 0.25) is 0 Å². The Balaban J connectivity index is 1.62. The van der Waals surface area contributed by atoms with E-state index in [1.165, 1.54) is 12.1 Å². The molecule has 0 radical (unpaired) electrons. The van der Waals surface area contributed by atoms with Crippen LogP contribution in [-0.2, 0) is 19.8 Å². The summed E-state index contributed by atoms with van der Waals surface area (Å²) in [5.74, 6) is -0.582. The molecule has 1 aliphatic heterocycles. The summed E-state index contributed by atoms with van der Waals surface area (Å²) in [5.41, 5.74) is 5.60. The molecule has 1 atom stereocenters. The van der Waals surface area contributed by atoms with Crippen molar-refractivity contribution >= 4 is 58.4 Å². The number of aromatic hydroxyl groups is 4. The van der Waals surface area contributed by atoms with Crippen molar-refractivity contribution < 1.29 is 20.4 Å². The van der Waals surface area contributed by atoms with E-state index in [2.05, 4.69) is 47.5 Å². The van der Waals surface area contributed by atoms with Gasteiger partial charge in [-0.15, -0.1) is 5.11 Å². The number of aromatic nitrogens is 2. The Kier molecular flexibility index (Phi) is 7.37. The molecule has 262 valence electrons. The van der Waals surface area contributed by atoms with Crippen LogP contribution in [0.25, 0.3) is 21.8 Å². The monoisotopic (exact) mass is 720 g/mol. The number of thiol groups is 2. The highest BCUT2D eigenvalue weighted by Crippen LogP contribution is 2.67. The first-order chi connectivity index (χ1) is 24.1. The average Bonchev–Trinajstić information content (AvgIpc) is 3.76. The van der Waals surface area contributed by atoms with E-state index < -0.39 is 9.99 Å². The van der Waals surface area contributed by atoms with Crippen molar-refractivity contribution in [2.45, 2.75) is 62.4 Å². The number of hydrogen-bond donors (Lipinski definition) is 6. The van der Waals surface area contributed by atoms with E-state index in [0.717, 1.165) is 45.8 Å². The van der Waals surface area contributed by atoms with Gasteiger partial charge in [-0.1, -0.05) is 44.2 Å². The molecule has 2 aliphatic rings. The minimum atomic E-state index is -1.79. The molecule has 1 saturated carbocycles. The Labute approximate surface area is 307 Å². The molecule has 3 heterocycles. The van der Waals surface area contributed by atoms with Gasteiger partial charge in [-0.25, -0.2) is 0 Å². The van der Waals surface area contributed by atoms with Gasteiger partial charge in [0.25, 0.3) is 5.66 Å². The van der Waals surface area contributed by atoms with Crippen LogP contribution in [0.5, 0.6) is 23.0 Å². The maximum atomic E-state index is 12.1. The largest absolute Gasteiger partial charge is 0.508 e. The van der Waals surface area contributed by atoms with E-state index in [1.54, 1.807) is 12.1 Å². The third-order valence-corrected chi connectivity index (χ3v) is 11.8. The van der Waals surface area contributed by atoms with Crippen molar-refractivity contribution in [3.63, 3.8) is 0 Å². The van der Waals surface area contributed by atoms with Crippen molar-refractivity contribution in [3.05, 3.63) is 106 Å². The molecule has 0 amide bonds. The first-order valence-electron chi connectivity index (χ1n) is 17.2. The van der Waals surface area contributed by atoms with Gasteiger partial charge in [-0.2, -0.15) is 4.48 Å². The van der Waals surface area contributed by atoms with Crippen LogP contribution in [0.3, 0.4) is 0 Å². The minimum absolute atomic E-state index is 0.00889. The van der Waals surface area contributed by atoms with E-state index in [-0.39, 0.29) is 44.9 Å². The Morgan fingerprint density at radius 2 is 1.22 bits per heavy atom. The number of fused-ring (bicyclic) bond motifs is 2. The van der Waals surface area contributed by atoms with Crippen molar-refractivity contribution in [1.82, 2.24) is 13.6 Å². The van der Waals surface area contributed by atoms with Gasteiger partial charge in [0, 0.05) is 84.7 Å². The fourth-order valence-electron chi connectivity index (χ4n) is 8.48. The zero-order chi connectivity index (χ0) is 36.4. The molecule has 2 aromatic heterocycles. The summed E-state index contributed by atoms with van der Waals surface area (Å²) >= 11 is 10.6. The van der Waals surface area contributed by atoms with Crippen LogP contribution in [0, 0.1) is 13.8 Å². The lowest BCUT2D eigenvalue weighted by atomic mass is 9.82. The molecule has 4 aromatic carbocycles. The molecule has 1 fully saturated rings. The number of benzene rings is 4. The summed E-state index contributed by atoms with van der Waals surface area (Å²) < 4.78 is 2.17. The Morgan fingerprint density at radius 1 is 0.706 bits per heavy atom. The fourth-order valence-corrected chi connectivity index (χ4v) is 9.32. The van der Waals surface area contributed by atoms with Gasteiger partial charge in [-0.3, -0.25) is 0 Å². The molecular weight excluding hydrogens is 679 g/mol. The summed E-state index contributed by atoms with van der Waals surface area (Å²) in [5, 5.41) is 58.5. The SMILES string of the molecule is Cc1cn(C)c2ccc([N+]3(c4ccc5c(c4)c(C)cn5C)C(S)(S)N=NC3(c3cc(C(C)C)c(O)cc3O)c3cc(C4CC4)c(O)cc3O)cc12. The second-order valence-electron chi connectivity index (χ2n) is 14.7. The van der Waals surface area contributed by atoms with E-state index in [1.807, 2.05) is 52.2 Å². The zero-order valence-electron chi connectivity index (χ0n) is 29.4. The highest BCUT2D eigenvalue weighted by molar-refractivity contribution is 8.00. The zero-order valence-corrected chi connectivity index (χ0v) is 31.2. The van der Waals surface area contributed by atoms with Gasteiger partial charge in [0.1, 0.15) is 34.4 Å². The van der Waals surface area contributed by atoms with Gasteiger partial charge in [0.15, 0.2) is 0 Å². The Bertz CT molecular complexity index is 2310. The number of azo groups is 1. The summed E-state index contributed by atoms with van der Waals surface area (Å²) in [7, 11) is 4.02. The number of nitrogens with zero attached hydrogens (tertiary/aromatic N) is 5. The molecule has 4 N–H and O–H groups in total. The summed E-state index contributed by atoms with van der Waals surface area (Å²) in [6.07, 6.45) is 5.94. The second-order valence-corrected chi connectivity index (χ2v) is 16.3. The number of hydrogen-bond acceptors (Lipinski definition) is 8. The number of phenols is 4. The van der Waals surface area contributed by atoms with Crippen LogP contribution < -0.4 is 4.48 Å². The lowest BCUT2D eigenvalue weighted by molar-refractivity contribution is 0.218. The lowest BCUT2D eigenvalue weighted by Gasteiger charge is -2.50. The van der Waals surface area contributed by atoms with Crippen LogP contribution in [0.2, 0.25) is 0 Å². The van der Waals surface area contributed by atoms with Crippen LogP contribution in [0.4, 0.5) is 11.4 Å². The molecule has 1 aliphatic carbocycles. The Morgan fingerprint density at radius 3 is 1.73 bits per heavy atom. The first kappa shape index (κ1) is 33.6. The van der Waals surface area contributed by atoms with Gasteiger partial charge < -0.3 is 29.6 Å². The van der Waals surface area contributed by atoms with E-state index in [4.69, 9.17) is 35.5 Å². The molecule has 9 nitrogen and oxygen atoms in total. The van der Waals surface area contributed by atoms with Crippen LogP contribution in [0.15, 0.2) is 83.3 Å². The van der Waals surface area contributed by atoms with Crippen molar-refractivity contribution in [3.8, 4) is 23.0 Å². The minimum Gasteiger partial charge on any atom is -0.508 e. The predicted molar refractivity (Wildman–Crippen MR) is 209 cm³/mol. The molecule has 0 spiro atoms. The average molecular weight is 721 g/mol. The summed E-state index contributed by atoms with van der Waals surface area (Å²) in [6, 6.07) is 18.6. The number of rotatable bonds is 6. The highest BCUT2D eigenvalue weighted by atomic mass is 32.2. The van der Waals surface area contributed by atoms with Gasteiger partial charge in [0.05, 0.1) is 11.1 Å². The topological polar surface area (TPSA) is 116 Å². The molecule has 8 rings (SSSR count). The van der Waals surface area contributed by atoms with Gasteiger partial charge >= 0.3 is 4.33 Å². The highest BCUT2D eigenvalue weighted by Gasteiger charge is 2.72. The van der Waals surface area contributed by atoms with Crippen molar-refractivity contribution in [2.75, 3.05) is 0 Å². The standard InChI is InChI=1S/C40H41N5O4S2/c1-21(2)27-15-31(37(48)17-35(27)46)39(32-16-30(24-7-8-24)36(47)18-38(32)49)41-42-40(50,51)45(39,25-9-11-33-28(13-25)22(3)19-43(33)5)26-10-12-34-29(14-26)23(4)20-44(34)6/h9-21,24H,7-8H2,1-6H3,(H5-,46,47,48,49,50,51)/p+1. The molecule has 11 heteroatoms. The quantitative estimate of drug-likeness (QED) is 0.0584. The van der Waals surface area contributed by atoms with E-state index >= 15 is 0 Å². The lowest BCUT2D eigenvalue weighted by Crippen LogP contribution is -2.64. The second kappa shape index (κ2) is 11.2. The number of aryl methyl sites for hydroxylation is 4. The third-order valence-electron chi connectivity index (χ3n) is 11.1. The van der Waals surface area contributed by atoms with E-state index in [0.29, 0.717) is 28.1 Å². The van der Waals surface area contributed by atoms with Crippen LogP contribution >= 0.6 is 25.3 Å². The smallest absolute Gasteiger partial charge is 0.314 e. The first-order valence-corrected chi connectivity index (χ1v) is 18.0. The normalized spacial score (nSPS) is 19.5. The molecule has 0 bridgehead atoms. The van der Waals surface area contributed by atoms with Crippen molar-refractivity contribution in [2.24, 2.45) is 24.3 Å². The maximum absolute atomic E-state index is 12.1. The van der Waals surface area contributed by atoms with Crippen molar-refractivity contribution in [1.29, 1.82) is 0 Å². The molecule has 6 aromatic rings. The molecule has 1 unspecified atom stereocenters. The maximum Gasteiger partial charge on any atom is 0.314 e. The number of quaternary nitrogens is 1.